The molecule has 0 aliphatic rings. The Morgan fingerprint density at radius 3 is 2.43 bits per heavy atom. The van der Waals surface area contributed by atoms with Crippen LogP contribution in [0.1, 0.15) is 42.5 Å². The van der Waals surface area contributed by atoms with Gasteiger partial charge in [0.2, 0.25) is 0 Å². The molecule has 1 aromatic heterocycles. The van der Waals surface area contributed by atoms with Crippen LogP contribution in [0, 0.1) is 0 Å². The third-order valence-electron chi connectivity index (χ3n) is 3.08. The summed E-state index contributed by atoms with van der Waals surface area (Å²) < 4.78 is 1.57. The first-order valence-corrected chi connectivity index (χ1v) is 7.54. The highest BCUT2D eigenvalue weighted by Crippen LogP contribution is 2.25. The molecule has 1 heterocycles. The molecular formula is C15H15Cl3N2O. The van der Waals surface area contributed by atoms with Gasteiger partial charge in [0.05, 0.1) is 12.2 Å². The summed E-state index contributed by atoms with van der Waals surface area (Å²) in [4.78, 5) is 11.6. The predicted octanol–water partition coefficient (Wildman–Crippen LogP) is 4.91. The van der Waals surface area contributed by atoms with Crippen molar-refractivity contribution in [1.29, 1.82) is 0 Å². The van der Waals surface area contributed by atoms with E-state index in [0.29, 0.717) is 22.3 Å². The Labute approximate surface area is 138 Å². The third kappa shape index (κ3) is 3.79. The Hall–Kier alpha value is -1.03. The zero-order valence-corrected chi connectivity index (χ0v) is 14.2. The van der Waals surface area contributed by atoms with E-state index in [1.54, 1.807) is 22.9 Å². The second-order valence-corrected chi connectivity index (χ2v) is 7.02. The first-order chi connectivity index (χ1) is 9.68. The second kappa shape index (κ2) is 5.99. The van der Waals surface area contributed by atoms with Crippen LogP contribution in [0.4, 0.5) is 0 Å². The number of hydrogen-bond acceptors (Lipinski definition) is 2. The van der Waals surface area contributed by atoms with Crippen LogP contribution in [0.5, 0.6) is 0 Å². The summed E-state index contributed by atoms with van der Waals surface area (Å²) in [6.07, 6.45) is 0. The van der Waals surface area contributed by atoms with Gasteiger partial charge in [0.25, 0.3) is 5.24 Å². The van der Waals surface area contributed by atoms with Crippen LogP contribution in [0.3, 0.4) is 0 Å². The van der Waals surface area contributed by atoms with Gasteiger partial charge in [-0.05, 0) is 35.4 Å². The summed E-state index contributed by atoms with van der Waals surface area (Å²) in [6.45, 7) is 6.44. The lowest BCUT2D eigenvalue weighted by Gasteiger charge is -2.14. The molecule has 0 saturated carbocycles. The summed E-state index contributed by atoms with van der Waals surface area (Å²) in [5.74, 6) is 0. The van der Waals surface area contributed by atoms with Crippen LogP contribution in [-0.4, -0.2) is 15.0 Å². The van der Waals surface area contributed by atoms with Crippen molar-refractivity contribution in [3.8, 4) is 0 Å². The number of carbonyl (C=O) groups is 1. The molecule has 0 N–H and O–H groups in total. The molecule has 0 fully saturated rings. The second-order valence-electron chi connectivity index (χ2n) is 5.83. The van der Waals surface area contributed by atoms with Gasteiger partial charge in [-0.15, -0.1) is 0 Å². The summed E-state index contributed by atoms with van der Waals surface area (Å²) >= 11 is 17.7. The maximum absolute atomic E-state index is 11.6. The SMILES string of the molecule is CC(C)(C)c1cc(C(=O)Cl)n(Cc2ccc(Cl)cc2Cl)n1. The van der Waals surface area contributed by atoms with Gasteiger partial charge < -0.3 is 0 Å². The van der Waals surface area contributed by atoms with Crippen molar-refractivity contribution < 1.29 is 4.79 Å². The molecule has 0 spiro atoms. The molecule has 0 saturated heterocycles. The number of carbonyl (C=O) groups excluding carboxylic acids is 1. The van der Waals surface area contributed by atoms with E-state index in [-0.39, 0.29) is 5.41 Å². The zero-order chi connectivity index (χ0) is 15.8. The Kier molecular flexibility index (Phi) is 4.66. The van der Waals surface area contributed by atoms with Gasteiger partial charge in [0, 0.05) is 15.5 Å². The van der Waals surface area contributed by atoms with Crippen molar-refractivity contribution in [2.45, 2.75) is 32.7 Å². The van der Waals surface area contributed by atoms with Crippen LogP contribution in [-0.2, 0) is 12.0 Å². The molecule has 3 nitrogen and oxygen atoms in total. The van der Waals surface area contributed by atoms with Gasteiger partial charge >= 0.3 is 0 Å². The zero-order valence-electron chi connectivity index (χ0n) is 12.0. The van der Waals surface area contributed by atoms with Crippen molar-refractivity contribution >= 4 is 40.0 Å². The van der Waals surface area contributed by atoms with E-state index in [9.17, 15) is 4.79 Å². The fraction of sp³-hybridized carbons (Fsp3) is 0.333. The number of rotatable bonds is 3. The maximum atomic E-state index is 11.6. The fourth-order valence-electron chi connectivity index (χ4n) is 1.87. The van der Waals surface area contributed by atoms with Crippen molar-refractivity contribution in [2.75, 3.05) is 0 Å². The summed E-state index contributed by atoms with van der Waals surface area (Å²) in [7, 11) is 0. The predicted molar refractivity (Wildman–Crippen MR) is 86.7 cm³/mol. The van der Waals surface area contributed by atoms with Gasteiger partial charge in [-0.25, -0.2) is 0 Å². The number of hydrogen-bond donors (Lipinski definition) is 0. The molecular weight excluding hydrogens is 331 g/mol. The highest BCUT2D eigenvalue weighted by Gasteiger charge is 2.22. The van der Waals surface area contributed by atoms with E-state index in [0.717, 1.165) is 11.3 Å². The van der Waals surface area contributed by atoms with Crippen LogP contribution in [0.25, 0.3) is 0 Å². The first-order valence-electron chi connectivity index (χ1n) is 6.40. The van der Waals surface area contributed by atoms with E-state index < -0.39 is 5.24 Å². The van der Waals surface area contributed by atoms with Gasteiger partial charge in [-0.2, -0.15) is 5.10 Å². The molecule has 21 heavy (non-hydrogen) atoms. The third-order valence-corrected chi connectivity index (χ3v) is 3.87. The van der Waals surface area contributed by atoms with E-state index in [4.69, 9.17) is 34.8 Å². The van der Waals surface area contributed by atoms with Gasteiger partial charge in [-0.1, -0.05) is 50.0 Å². The van der Waals surface area contributed by atoms with Gasteiger partial charge in [-0.3, -0.25) is 9.48 Å². The van der Waals surface area contributed by atoms with E-state index >= 15 is 0 Å². The minimum atomic E-state index is -0.539. The molecule has 0 aliphatic heterocycles. The molecule has 6 heteroatoms. The standard InChI is InChI=1S/C15H15Cl3N2O/c1-15(2,3)13-7-12(14(18)21)20(19-13)8-9-4-5-10(16)6-11(9)17/h4-7H,8H2,1-3H3. The van der Waals surface area contributed by atoms with Crippen molar-refractivity contribution in [1.82, 2.24) is 9.78 Å². The Morgan fingerprint density at radius 1 is 1.24 bits per heavy atom. The monoisotopic (exact) mass is 344 g/mol. The molecule has 0 amide bonds. The first kappa shape index (κ1) is 16.3. The van der Waals surface area contributed by atoms with Gasteiger partial charge in [0.15, 0.2) is 0 Å². The fourth-order valence-corrected chi connectivity index (χ4v) is 2.49. The summed E-state index contributed by atoms with van der Waals surface area (Å²) in [5, 5.41) is 5.04. The van der Waals surface area contributed by atoms with E-state index in [1.807, 2.05) is 26.8 Å². The Morgan fingerprint density at radius 2 is 1.90 bits per heavy atom. The molecule has 0 atom stereocenters. The van der Waals surface area contributed by atoms with Crippen LogP contribution >= 0.6 is 34.8 Å². The van der Waals surface area contributed by atoms with Crippen LogP contribution in [0.2, 0.25) is 10.0 Å². The minimum Gasteiger partial charge on any atom is -0.274 e. The van der Waals surface area contributed by atoms with Crippen molar-refractivity contribution in [3.63, 3.8) is 0 Å². The van der Waals surface area contributed by atoms with Crippen molar-refractivity contribution in [3.05, 3.63) is 51.3 Å². The number of nitrogens with zero attached hydrogens (tertiary/aromatic N) is 2. The minimum absolute atomic E-state index is 0.171. The van der Waals surface area contributed by atoms with Crippen LogP contribution in [0.15, 0.2) is 24.3 Å². The molecule has 0 unspecified atom stereocenters. The lowest BCUT2D eigenvalue weighted by molar-refractivity contribution is 0.107. The van der Waals surface area contributed by atoms with E-state index in [2.05, 4.69) is 5.10 Å². The lowest BCUT2D eigenvalue weighted by Crippen LogP contribution is -2.13. The molecule has 0 bridgehead atoms. The highest BCUT2D eigenvalue weighted by molar-refractivity contribution is 6.67. The quantitative estimate of drug-likeness (QED) is 0.740. The average Bonchev–Trinajstić information content (AvgIpc) is 2.76. The summed E-state index contributed by atoms with van der Waals surface area (Å²) in [6, 6.07) is 6.94. The number of halogens is 3. The lowest BCUT2D eigenvalue weighted by atomic mass is 9.92. The highest BCUT2D eigenvalue weighted by atomic mass is 35.5. The molecule has 0 aliphatic carbocycles. The normalized spacial score (nSPS) is 11.7. The van der Waals surface area contributed by atoms with Crippen LogP contribution < -0.4 is 0 Å². The molecule has 2 aromatic rings. The molecule has 112 valence electrons. The maximum Gasteiger partial charge on any atom is 0.270 e. The molecule has 2 rings (SSSR count). The smallest absolute Gasteiger partial charge is 0.270 e. The van der Waals surface area contributed by atoms with E-state index in [1.165, 1.54) is 0 Å². The molecule has 1 aromatic carbocycles. The molecule has 0 radical (unpaired) electrons. The van der Waals surface area contributed by atoms with Crippen molar-refractivity contribution in [2.24, 2.45) is 0 Å². The Balaban J connectivity index is 2.43. The Bertz CT molecular complexity index is 687. The topological polar surface area (TPSA) is 34.9 Å². The summed E-state index contributed by atoms with van der Waals surface area (Å²) in [5.41, 5.74) is 1.81. The average molecular weight is 346 g/mol. The largest absolute Gasteiger partial charge is 0.274 e. The number of aromatic nitrogens is 2. The van der Waals surface area contributed by atoms with Gasteiger partial charge in [0.1, 0.15) is 5.69 Å². The number of benzene rings is 1.